The molecule has 2 aromatic heterocycles. The van der Waals surface area contributed by atoms with E-state index in [0.717, 1.165) is 12.0 Å². The molecule has 0 saturated carbocycles. The largest absolute Gasteiger partial charge is 0.481 e. The molecule has 2 atom stereocenters. The molecule has 26 heavy (non-hydrogen) atoms. The van der Waals surface area contributed by atoms with Crippen LogP contribution in [0.2, 0.25) is 0 Å². The zero-order chi connectivity index (χ0) is 19.2. The van der Waals surface area contributed by atoms with Crippen molar-refractivity contribution < 1.29 is 19.0 Å². The number of methoxy groups -OCH3 is 3. The molecule has 0 aliphatic rings. The Morgan fingerprint density at radius 2 is 1.96 bits per heavy atom. The van der Waals surface area contributed by atoms with Gasteiger partial charge >= 0.3 is 5.97 Å². The number of hydrogen-bond donors (Lipinski definition) is 2. The van der Waals surface area contributed by atoms with Gasteiger partial charge in [-0.25, -0.2) is 4.79 Å². The van der Waals surface area contributed by atoms with Gasteiger partial charge in [-0.05, 0) is 35.4 Å². The average molecular weight is 398 g/mol. The summed E-state index contributed by atoms with van der Waals surface area (Å²) in [5.41, 5.74) is 0.897. The van der Waals surface area contributed by atoms with Crippen LogP contribution in [-0.4, -0.2) is 43.8 Å². The summed E-state index contributed by atoms with van der Waals surface area (Å²) in [6, 6.07) is 2.97. The maximum atomic E-state index is 12.8. The molecule has 9 heteroatoms. The second-order valence-electron chi connectivity index (χ2n) is 5.48. The van der Waals surface area contributed by atoms with Crippen molar-refractivity contribution in [2.45, 2.75) is 24.1 Å². The van der Waals surface area contributed by atoms with Gasteiger partial charge in [0, 0.05) is 0 Å². The van der Waals surface area contributed by atoms with Crippen molar-refractivity contribution in [3.05, 3.63) is 34.3 Å². The Balaban J connectivity index is 2.64. The van der Waals surface area contributed by atoms with Gasteiger partial charge in [-0.3, -0.25) is 0 Å². The summed E-state index contributed by atoms with van der Waals surface area (Å²) in [7, 11) is 4.28. The first-order valence-electron chi connectivity index (χ1n) is 8.05. The predicted molar refractivity (Wildman–Crippen MR) is 103 cm³/mol. The molecule has 7 nitrogen and oxygen atoms in total. The SMILES string of the molecule is CCCNC(c1ccsc1)C(S)(C(=O)OC)c1nc(OC)cc(OC)n1. The highest BCUT2D eigenvalue weighted by molar-refractivity contribution is 7.82. The van der Waals surface area contributed by atoms with Gasteiger partial charge in [-0.1, -0.05) is 6.92 Å². The predicted octanol–water partition coefficient (Wildman–Crippen LogP) is 2.59. The van der Waals surface area contributed by atoms with E-state index in [4.69, 9.17) is 26.8 Å². The van der Waals surface area contributed by atoms with Crippen LogP contribution in [0.5, 0.6) is 11.8 Å². The van der Waals surface area contributed by atoms with Crippen LogP contribution in [0.1, 0.15) is 30.8 Å². The van der Waals surface area contributed by atoms with Crippen LogP contribution in [0.15, 0.2) is 22.9 Å². The Morgan fingerprint density at radius 1 is 1.31 bits per heavy atom. The molecule has 2 aromatic rings. The molecule has 1 N–H and O–H groups in total. The van der Waals surface area contributed by atoms with Crippen molar-refractivity contribution in [3.63, 3.8) is 0 Å². The van der Waals surface area contributed by atoms with Crippen LogP contribution in [0.4, 0.5) is 0 Å². The quantitative estimate of drug-likeness (QED) is 0.497. The molecule has 0 bridgehead atoms. The number of nitrogens with zero attached hydrogens (tertiary/aromatic N) is 2. The topological polar surface area (TPSA) is 82.6 Å². The van der Waals surface area contributed by atoms with Crippen LogP contribution < -0.4 is 14.8 Å². The molecule has 2 heterocycles. The van der Waals surface area contributed by atoms with E-state index in [1.54, 1.807) is 0 Å². The number of rotatable bonds is 9. The van der Waals surface area contributed by atoms with Gasteiger partial charge in [0.2, 0.25) is 11.8 Å². The highest BCUT2D eigenvalue weighted by Gasteiger charge is 2.49. The summed E-state index contributed by atoms with van der Waals surface area (Å²) in [6.45, 7) is 2.72. The fraction of sp³-hybridized carbons (Fsp3) is 0.471. The standard InChI is InChI=1S/C17H23N3O4S2/c1-5-7-18-14(11-6-8-26-10-11)17(25,16(21)24-4)15-19-12(22-2)9-13(20-15)23-3/h6,8-10,14,18,25H,5,7H2,1-4H3. The summed E-state index contributed by atoms with van der Waals surface area (Å²) in [6.07, 6.45) is 0.883. The number of carbonyl (C=O) groups excluding carboxylic acids is 1. The van der Waals surface area contributed by atoms with Crippen LogP contribution in [0.25, 0.3) is 0 Å². The number of nitrogens with one attached hydrogen (secondary N) is 1. The van der Waals surface area contributed by atoms with E-state index in [9.17, 15) is 4.79 Å². The first kappa shape index (κ1) is 20.5. The molecule has 2 rings (SSSR count). The van der Waals surface area contributed by atoms with Gasteiger partial charge in [-0.15, -0.1) is 0 Å². The number of carbonyl (C=O) groups is 1. The lowest BCUT2D eigenvalue weighted by Gasteiger charge is -2.33. The van der Waals surface area contributed by atoms with E-state index in [1.807, 2.05) is 23.8 Å². The molecular weight excluding hydrogens is 374 g/mol. The molecule has 0 aromatic carbocycles. The summed E-state index contributed by atoms with van der Waals surface area (Å²) < 4.78 is 14.0. The molecular formula is C17H23N3O4S2. The lowest BCUT2D eigenvalue weighted by Crippen LogP contribution is -2.45. The highest BCUT2D eigenvalue weighted by Crippen LogP contribution is 2.42. The van der Waals surface area contributed by atoms with Gasteiger partial charge in [0.25, 0.3) is 0 Å². The van der Waals surface area contributed by atoms with Crippen molar-refractivity contribution >= 4 is 29.9 Å². The normalized spacial score (nSPS) is 14.3. The molecule has 0 fully saturated rings. The minimum absolute atomic E-state index is 0.142. The molecule has 0 amide bonds. The zero-order valence-electron chi connectivity index (χ0n) is 15.2. The van der Waals surface area contributed by atoms with Gasteiger partial charge in [0.05, 0.1) is 33.4 Å². The molecule has 0 spiro atoms. The number of ether oxygens (including phenoxy) is 3. The first-order chi connectivity index (χ1) is 12.5. The number of thiol groups is 1. The van der Waals surface area contributed by atoms with Gasteiger partial charge in [0.1, 0.15) is 0 Å². The fourth-order valence-corrected chi connectivity index (χ4v) is 3.63. The van der Waals surface area contributed by atoms with Crippen molar-refractivity contribution in [1.29, 1.82) is 0 Å². The average Bonchev–Trinajstić information content (AvgIpc) is 3.21. The summed E-state index contributed by atoms with van der Waals surface area (Å²) in [4.78, 5) is 21.5. The second kappa shape index (κ2) is 9.20. The minimum Gasteiger partial charge on any atom is -0.481 e. The molecule has 2 unspecified atom stereocenters. The second-order valence-corrected chi connectivity index (χ2v) is 6.96. The van der Waals surface area contributed by atoms with Gasteiger partial charge in [0.15, 0.2) is 10.6 Å². The molecule has 142 valence electrons. The third kappa shape index (κ3) is 4.11. The van der Waals surface area contributed by atoms with E-state index < -0.39 is 16.8 Å². The smallest absolute Gasteiger partial charge is 0.331 e. The van der Waals surface area contributed by atoms with Crippen LogP contribution in [0, 0.1) is 0 Å². The van der Waals surface area contributed by atoms with E-state index in [1.165, 1.54) is 38.7 Å². The van der Waals surface area contributed by atoms with Crippen molar-refractivity contribution in [1.82, 2.24) is 15.3 Å². The Kier molecular flexibility index (Phi) is 7.24. The molecule has 0 saturated heterocycles. The third-order valence-electron chi connectivity index (χ3n) is 3.83. The fourth-order valence-electron chi connectivity index (χ4n) is 2.51. The van der Waals surface area contributed by atoms with Gasteiger partial charge in [-0.2, -0.15) is 33.9 Å². The number of thiophene rings is 1. The first-order valence-corrected chi connectivity index (χ1v) is 9.44. The lowest BCUT2D eigenvalue weighted by molar-refractivity contribution is -0.145. The third-order valence-corrected chi connectivity index (χ3v) is 5.17. The van der Waals surface area contributed by atoms with E-state index >= 15 is 0 Å². The Morgan fingerprint density at radius 3 is 2.42 bits per heavy atom. The minimum atomic E-state index is -1.48. The van der Waals surface area contributed by atoms with Crippen LogP contribution in [0.3, 0.4) is 0 Å². The zero-order valence-corrected chi connectivity index (χ0v) is 16.9. The monoisotopic (exact) mass is 397 g/mol. The number of aromatic nitrogens is 2. The van der Waals surface area contributed by atoms with Crippen molar-refractivity contribution in [2.24, 2.45) is 0 Å². The highest BCUT2D eigenvalue weighted by atomic mass is 32.1. The number of esters is 1. The van der Waals surface area contributed by atoms with Crippen molar-refractivity contribution in [2.75, 3.05) is 27.9 Å². The molecule has 0 radical (unpaired) electrons. The Labute approximate surface area is 162 Å². The van der Waals surface area contributed by atoms with E-state index in [2.05, 4.69) is 15.3 Å². The van der Waals surface area contributed by atoms with Crippen molar-refractivity contribution in [3.8, 4) is 11.8 Å². The van der Waals surface area contributed by atoms with Crippen LogP contribution in [-0.2, 0) is 14.3 Å². The molecule has 0 aliphatic carbocycles. The number of hydrogen-bond acceptors (Lipinski definition) is 9. The summed E-state index contributed by atoms with van der Waals surface area (Å²) >= 11 is 6.27. The summed E-state index contributed by atoms with van der Waals surface area (Å²) in [5.74, 6) is 0.113. The maximum absolute atomic E-state index is 12.8. The van der Waals surface area contributed by atoms with Crippen LogP contribution >= 0.6 is 24.0 Å². The summed E-state index contributed by atoms with van der Waals surface area (Å²) in [5, 5.41) is 7.26. The van der Waals surface area contributed by atoms with Gasteiger partial charge < -0.3 is 19.5 Å². The Bertz CT molecular complexity index is 705. The Hall–Kier alpha value is -1.84. The molecule has 0 aliphatic heterocycles. The lowest BCUT2D eigenvalue weighted by atomic mass is 9.92. The van der Waals surface area contributed by atoms with E-state index in [0.29, 0.717) is 6.54 Å². The maximum Gasteiger partial charge on any atom is 0.331 e. The van der Waals surface area contributed by atoms with E-state index in [-0.39, 0.29) is 17.6 Å².